The fourth-order valence-electron chi connectivity index (χ4n) is 4.49. The van der Waals surface area contributed by atoms with Gasteiger partial charge < -0.3 is 24.6 Å². The summed E-state index contributed by atoms with van der Waals surface area (Å²) in [7, 11) is 3.51. The number of thiophene rings is 1. The summed E-state index contributed by atoms with van der Waals surface area (Å²) in [5.74, 6) is -0.140. The number of nitrogens with one attached hydrogen (secondary N) is 1. The SMILES string of the molecule is COCCN1CCC2(CC1)OCCc1sc(C(=O)NC3CCN(C)C3=O)cc12. The highest BCUT2D eigenvalue weighted by Gasteiger charge is 2.42. The molecule has 4 heterocycles. The summed E-state index contributed by atoms with van der Waals surface area (Å²) in [5, 5.41) is 2.92. The average molecular weight is 408 g/mol. The van der Waals surface area contributed by atoms with Crippen molar-refractivity contribution >= 4 is 23.2 Å². The zero-order valence-electron chi connectivity index (χ0n) is 16.7. The largest absolute Gasteiger partial charge is 0.383 e. The van der Waals surface area contributed by atoms with E-state index in [9.17, 15) is 9.59 Å². The van der Waals surface area contributed by atoms with Crippen LogP contribution in [0.15, 0.2) is 6.07 Å². The van der Waals surface area contributed by atoms with Gasteiger partial charge in [-0.25, -0.2) is 0 Å². The summed E-state index contributed by atoms with van der Waals surface area (Å²) in [4.78, 5) is 30.9. The number of likely N-dealkylation sites (N-methyl/N-ethyl adjacent to an activating group) is 1. The van der Waals surface area contributed by atoms with Crippen molar-refractivity contribution in [2.45, 2.75) is 37.3 Å². The van der Waals surface area contributed by atoms with Gasteiger partial charge in [-0.15, -0.1) is 11.3 Å². The van der Waals surface area contributed by atoms with Crippen LogP contribution < -0.4 is 5.32 Å². The molecule has 8 heteroatoms. The summed E-state index contributed by atoms with van der Waals surface area (Å²) in [5.41, 5.74) is 0.922. The molecule has 2 saturated heterocycles. The second-order valence-corrected chi connectivity index (χ2v) is 9.09. The molecule has 0 bridgehead atoms. The van der Waals surface area contributed by atoms with Crippen molar-refractivity contribution in [1.82, 2.24) is 15.1 Å². The Morgan fingerprint density at radius 2 is 2.18 bits per heavy atom. The van der Waals surface area contributed by atoms with Crippen molar-refractivity contribution in [2.24, 2.45) is 0 Å². The van der Waals surface area contributed by atoms with Crippen LogP contribution in [0.5, 0.6) is 0 Å². The first-order chi connectivity index (χ1) is 13.5. The second kappa shape index (κ2) is 8.10. The van der Waals surface area contributed by atoms with Gasteiger partial charge in [-0.2, -0.15) is 0 Å². The molecule has 154 valence electrons. The molecule has 2 amide bonds. The Morgan fingerprint density at radius 1 is 1.39 bits per heavy atom. The molecular formula is C20H29N3O4S. The lowest BCUT2D eigenvalue weighted by Crippen LogP contribution is -2.46. The molecule has 4 rings (SSSR count). The molecule has 3 aliphatic heterocycles. The average Bonchev–Trinajstić information content (AvgIpc) is 3.28. The van der Waals surface area contributed by atoms with Crippen molar-refractivity contribution in [3.8, 4) is 0 Å². The van der Waals surface area contributed by atoms with Crippen LogP contribution in [-0.4, -0.2) is 81.2 Å². The van der Waals surface area contributed by atoms with Crippen LogP contribution in [-0.2, 0) is 26.3 Å². The summed E-state index contributed by atoms with van der Waals surface area (Å²) in [6, 6.07) is 1.62. The number of carbonyl (C=O) groups excluding carboxylic acids is 2. The quantitative estimate of drug-likeness (QED) is 0.795. The van der Waals surface area contributed by atoms with Gasteiger partial charge in [-0.3, -0.25) is 9.59 Å². The van der Waals surface area contributed by atoms with Crippen LogP contribution >= 0.6 is 11.3 Å². The molecular weight excluding hydrogens is 378 g/mol. The summed E-state index contributed by atoms with van der Waals surface area (Å²) >= 11 is 1.56. The number of ether oxygens (including phenoxy) is 2. The molecule has 1 aromatic heterocycles. The minimum Gasteiger partial charge on any atom is -0.383 e. The molecule has 0 radical (unpaired) electrons. The van der Waals surface area contributed by atoms with Crippen LogP contribution in [0.25, 0.3) is 0 Å². The smallest absolute Gasteiger partial charge is 0.262 e. The number of hydrogen-bond acceptors (Lipinski definition) is 6. The molecule has 1 aromatic rings. The number of amides is 2. The number of hydrogen-bond donors (Lipinski definition) is 1. The lowest BCUT2D eigenvalue weighted by atomic mass is 9.82. The van der Waals surface area contributed by atoms with Crippen molar-refractivity contribution in [3.05, 3.63) is 21.4 Å². The first-order valence-corrected chi connectivity index (χ1v) is 10.9. The number of likely N-dealkylation sites (tertiary alicyclic amines) is 2. The summed E-state index contributed by atoms with van der Waals surface area (Å²) in [6.45, 7) is 5.05. The highest BCUT2D eigenvalue weighted by atomic mass is 32.1. The third-order valence-corrected chi connectivity index (χ3v) is 7.43. The van der Waals surface area contributed by atoms with Crippen molar-refractivity contribution in [1.29, 1.82) is 0 Å². The van der Waals surface area contributed by atoms with Gasteiger partial charge in [0.15, 0.2) is 0 Å². The van der Waals surface area contributed by atoms with Gasteiger partial charge in [0.1, 0.15) is 6.04 Å². The Morgan fingerprint density at radius 3 is 2.86 bits per heavy atom. The number of methoxy groups -OCH3 is 1. The molecule has 1 unspecified atom stereocenters. The van der Waals surface area contributed by atoms with E-state index in [1.807, 2.05) is 6.07 Å². The second-order valence-electron chi connectivity index (χ2n) is 7.95. The van der Waals surface area contributed by atoms with E-state index in [2.05, 4.69) is 10.2 Å². The first-order valence-electron chi connectivity index (χ1n) is 10.1. The fourth-order valence-corrected chi connectivity index (χ4v) is 5.62. The molecule has 1 spiro atoms. The molecule has 7 nitrogen and oxygen atoms in total. The molecule has 1 N–H and O–H groups in total. The van der Waals surface area contributed by atoms with Gasteiger partial charge in [0.2, 0.25) is 5.91 Å². The van der Waals surface area contributed by atoms with Crippen molar-refractivity contribution in [3.63, 3.8) is 0 Å². The molecule has 2 fully saturated rings. The van der Waals surface area contributed by atoms with Gasteiger partial charge >= 0.3 is 0 Å². The van der Waals surface area contributed by atoms with E-state index in [0.29, 0.717) is 24.4 Å². The van der Waals surface area contributed by atoms with E-state index >= 15 is 0 Å². The van der Waals surface area contributed by atoms with Gasteiger partial charge in [-0.05, 0) is 30.9 Å². The van der Waals surface area contributed by atoms with E-state index in [0.717, 1.165) is 45.5 Å². The zero-order chi connectivity index (χ0) is 19.7. The lowest BCUT2D eigenvalue weighted by Gasteiger charge is -2.44. The number of carbonyl (C=O) groups is 2. The highest BCUT2D eigenvalue weighted by Crippen LogP contribution is 2.44. The van der Waals surface area contributed by atoms with Crippen LogP contribution in [0.1, 0.15) is 39.4 Å². The van der Waals surface area contributed by atoms with Crippen LogP contribution in [0.2, 0.25) is 0 Å². The normalized spacial score (nSPS) is 24.6. The summed E-state index contributed by atoms with van der Waals surface area (Å²) < 4.78 is 11.5. The maximum Gasteiger partial charge on any atom is 0.262 e. The maximum atomic E-state index is 12.8. The number of nitrogens with zero attached hydrogens (tertiary/aromatic N) is 2. The predicted octanol–water partition coefficient (Wildman–Crippen LogP) is 1.22. The van der Waals surface area contributed by atoms with Crippen LogP contribution in [0.4, 0.5) is 0 Å². The standard InChI is InChI=1S/C20H29N3O4S/c1-22-7-3-15(19(22)25)21-18(24)17-13-14-16(28-17)4-11-27-20(14)5-8-23(9-6-20)10-12-26-2/h13,15H,3-12H2,1-2H3,(H,21,24). The Bertz CT molecular complexity index is 742. The van der Waals surface area contributed by atoms with Gasteiger partial charge in [0.25, 0.3) is 5.91 Å². The molecule has 1 atom stereocenters. The minimum atomic E-state index is -0.397. The molecule has 28 heavy (non-hydrogen) atoms. The van der Waals surface area contributed by atoms with Crippen molar-refractivity contribution in [2.75, 3.05) is 53.6 Å². The maximum absolute atomic E-state index is 12.8. The fraction of sp³-hybridized carbons (Fsp3) is 0.700. The van der Waals surface area contributed by atoms with Gasteiger partial charge in [-0.1, -0.05) is 0 Å². The third-order valence-electron chi connectivity index (χ3n) is 6.24. The minimum absolute atomic E-state index is 0.00194. The van der Waals surface area contributed by atoms with E-state index < -0.39 is 6.04 Å². The topological polar surface area (TPSA) is 71.1 Å². The Kier molecular flexibility index (Phi) is 5.73. The van der Waals surface area contributed by atoms with E-state index in [1.54, 1.807) is 30.4 Å². The zero-order valence-corrected chi connectivity index (χ0v) is 17.5. The van der Waals surface area contributed by atoms with Gasteiger partial charge in [0, 0.05) is 51.6 Å². The first kappa shape index (κ1) is 19.8. The molecule has 0 saturated carbocycles. The third kappa shape index (κ3) is 3.70. The Labute approximate surface area is 170 Å². The van der Waals surface area contributed by atoms with E-state index in [-0.39, 0.29) is 17.4 Å². The molecule has 0 aromatic carbocycles. The summed E-state index contributed by atoms with van der Waals surface area (Å²) in [6.07, 6.45) is 3.41. The monoisotopic (exact) mass is 407 g/mol. The Hall–Kier alpha value is -1.48. The van der Waals surface area contributed by atoms with Crippen LogP contribution in [0.3, 0.4) is 0 Å². The number of rotatable bonds is 5. The molecule has 3 aliphatic rings. The lowest BCUT2D eigenvalue weighted by molar-refractivity contribution is -0.128. The van der Waals surface area contributed by atoms with E-state index in [1.165, 1.54) is 10.4 Å². The predicted molar refractivity (Wildman–Crippen MR) is 107 cm³/mol. The number of fused-ring (bicyclic) bond motifs is 2. The molecule has 0 aliphatic carbocycles. The van der Waals surface area contributed by atoms with Crippen molar-refractivity contribution < 1.29 is 19.1 Å². The number of piperidine rings is 1. The van der Waals surface area contributed by atoms with Crippen LogP contribution in [0, 0.1) is 0 Å². The Balaban J connectivity index is 1.46. The van der Waals surface area contributed by atoms with E-state index in [4.69, 9.17) is 9.47 Å². The van der Waals surface area contributed by atoms with Gasteiger partial charge in [0.05, 0.1) is 23.7 Å². The highest BCUT2D eigenvalue weighted by molar-refractivity contribution is 7.14.